The summed E-state index contributed by atoms with van der Waals surface area (Å²) in [5.74, 6) is 0.602. The molecular formula is C31H37NO4. The Morgan fingerprint density at radius 3 is 2.28 bits per heavy atom. The quantitative estimate of drug-likeness (QED) is 0.366. The lowest BCUT2D eigenvalue weighted by Crippen LogP contribution is -2.34. The predicted octanol–water partition coefficient (Wildman–Crippen LogP) is 6.54. The summed E-state index contributed by atoms with van der Waals surface area (Å²) in [5.41, 5.74) is 5.22. The largest absolute Gasteiger partial charge is 0.494 e. The molecule has 0 fully saturated rings. The number of carbonyl (C=O) groups excluding carboxylic acids is 2. The van der Waals surface area contributed by atoms with Gasteiger partial charge in [-0.15, -0.1) is 0 Å². The van der Waals surface area contributed by atoms with Crippen LogP contribution < -0.4 is 10.1 Å². The second kappa shape index (κ2) is 9.96. The average molecular weight is 488 g/mol. The van der Waals surface area contributed by atoms with Crippen LogP contribution in [0.15, 0.2) is 52.9 Å². The van der Waals surface area contributed by atoms with E-state index in [1.807, 2.05) is 44.2 Å². The summed E-state index contributed by atoms with van der Waals surface area (Å²) in [4.78, 5) is 26.1. The first kappa shape index (κ1) is 25.7. The van der Waals surface area contributed by atoms with Crippen molar-refractivity contribution in [3.05, 3.63) is 87.9 Å². The second-order valence-electron chi connectivity index (χ2n) is 11.0. The first-order valence-corrected chi connectivity index (χ1v) is 12.8. The number of amides is 1. The van der Waals surface area contributed by atoms with Crippen molar-refractivity contribution < 1.29 is 18.7 Å². The molecule has 1 amide bonds. The zero-order chi connectivity index (χ0) is 26.1. The molecule has 36 heavy (non-hydrogen) atoms. The highest BCUT2D eigenvalue weighted by Gasteiger charge is 2.38. The van der Waals surface area contributed by atoms with Crippen LogP contribution in [-0.4, -0.2) is 24.8 Å². The third-order valence-electron chi connectivity index (χ3n) is 7.45. The maximum Gasteiger partial charge on any atom is 0.287 e. The first-order chi connectivity index (χ1) is 17.0. The van der Waals surface area contributed by atoms with Crippen LogP contribution >= 0.6 is 0 Å². The number of ketones is 1. The molecule has 5 nitrogen and oxygen atoms in total. The molecule has 0 saturated heterocycles. The number of hydrogen-bond donors (Lipinski definition) is 1. The summed E-state index contributed by atoms with van der Waals surface area (Å²) >= 11 is 0. The highest BCUT2D eigenvalue weighted by molar-refractivity contribution is 6.09. The van der Waals surface area contributed by atoms with E-state index in [1.54, 1.807) is 12.1 Å². The molecule has 190 valence electrons. The van der Waals surface area contributed by atoms with Crippen LogP contribution in [0.25, 0.3) is 0 Å². The van der Waals surface area contributed by atoms with Gasteiger partial charge in [0.25, 0.3) is 5.91 Å². The van der Waals surface area contributed by atoms with Crippen LogP contribution in [0.4, 0.5) is 0 Å². The molecule has 2 aromatic carbocycles. The van der Waals surface area contributed by atoms with Crippen LogP contribution in [0, 0.1) is 6.92 Å². The Kier molecular flexibility index (Phi) is 7.12. The molecule has 0 spiro atoms. The molecule has 1 heterocycles. The molecule has 0 radical (unpaired) electrons. The van der Waals surface area contributed by atoms with Crippen molar-refractivity contribution in [2.24, 2.45) is 0 Å². The van der Waals surface area contributed by atoms with E-state index in [2.05, 4.69) is 39.1 Å². The van der Waals surface area contributed by atoms with E-state index in [0.717, 1.165) is 29.7 Å². The van der Waals surface area contributed by atoms with Crippen LogP contribution in [0.5, 0.6) is 5.75 Å². The number of nitrogens with one attached hydrogen (secondary N) is 1. The molecule has 5 heteroatoms. The number of furan rings is 1. The van der Waals surface area contributed by atoms with Crippen molar-refractivity contribution in [3.63, 3.8) is 0 Å². The first-order valence-electron chi connectivity index (χ1n) is 12.8. The highest BCUT2D eigenvalue weighted by atomic mass is 16.5. The molecule has 0 unspecified atom stereocenters. The zero-order valence-corrected chi connectivity index (χ0v) is 22.3. The molecule has 3 aromatic rings. The third kappa shape index (κ3) is 5.11. The van der Waals surface area contributed by atoms with Gasteiger partial charge in [0.2, 0.25) is 5.78 Å². The van der Waals surface area contributed by atoms with Crippen LogP contribution in [0.2, 0.25) is 0 Å². The van der Waals surface area contributed by atoms with Gasteiger partial charge in [-0.05, 0) is 90.5 Å². The van der Waals surface area contributed by atoms with Crippen molar-refractivity contribution in [2.75, 3.05) is 13.2 Å². The van der Waals surface area contributed by atoms with E-state index in [1.165, 1.54) is 11.1 Å². The molecule has 1 N–H and O–H groups in total. The summed E-state index contributed by atoms with van der Waals surface area (Å²) in [6.07, 6.45) is 2.83. The molecule has 0 saturated carbocycles. The summed E-state index contributed by atoms with van der Waals surface area (Å²) in [6.45, 7) is 14.0. The monoisotopic (exact) mass is 487 g/mol. The van der Waals surface area contributed by atoms with Crippen molar-refractivity contribution in [1.82, 2.24) is 5.32 Å². The lowest BCUT2D eigenvalue weighted by atomic mass is 9.62. The molecule has 1 aliphatic carbocycles. The summed E-state index contributed by atoms with van der Waals surface area (Å²) in [5, 5.41) is 2.88. The van der Waals surface area contributed by atoms with Gasteiger partial charge in [0.15, 0.2) is 11.5 Å². The van der Waals surface area contributed by atoms with E-state index in [9.17, 15) is 9.59 Å². The lowest BCUT2D eigenvalue weighted by Gasteiger charge is -2.42. The number of ether oxygens (including phenoxy) is 1. The average Bonchev–Trinajstić information content (AvgIpc) is 3.33. The Balaban J connectivity index is 1.48. The number of fused-ring (bicyclic) bond motifs is 1. The van der Waals surface area contributed by atoms with Crippen molar-refractivity contribution in [2.45, 2.75) is 71.6 Å². The smallest absolute Gasteiger partial charge is 0.287 e. The van der Waals surface area contributed by atoms with Gasteiger partial charge in [-0.25, -0.2) is 0 Å². The minimum atomic E-state index is -0.340. The number of aryl methyl sites for hydroxylation is 1. The normalized spacial score (nSPS) is 15.7. The summed E-state index contributed by atoms with van der Waals surface area (Å²) < 4.78 is 11.4. The number of rotatable bonds is 8. The summed E-state index contributed by atoms with van der Waals surface area (Å²) in [6, 6.07) is 15.2. The van der Waals surface area contributed by atoms with E-state index in [4.69, 9.17) is 9.15 Å². The van der Waals surface area contributed by atoms with Crippen molar-refractivity contribution in [1.29, 1.82) is 0 Å². The summed E-state index contributed by atoms with van der Waals surface area (Å²) in [7, 11) is 0. The van der Waals surface area contributed by atoms with E-state index in [-0.39, 0.29) is 34.0 Å². The fourth-order valence-corrected chi connectivity index (χ4v) is 5.09. The van der Waals surface area contributed by atoms with E-state index in [0.29, 0.717) is 25.1 Å². The number of carbonyl (C=O) groups is 2. The van der Waals surface area contributed by atoms with Gasteiger partial charge in [-0.2, -0.15) is 0 Å². The zero-order valence-electron chi connectivity index (χ0n) is 22.3. The van der Waals surface area contributed by atoms with Crippen LogP contribution in [0.3, 0.4) is 0 Å². The minimum Gasteiger partial charge on any atom is -0.494 e. The molecule has 4 rings (SSSR count). The second-order valence-corrected chi connectivity index (χ2v) is 11.0. The maximum absolute atomic E-state index is 13.4. The Morgan fingerprint density at radius 1 is 0.944 bits per heavy atom. The Morgan fingerprint density at radius 2 is 1.58 bits per heavy atom. The molecule has 1 aromatic heterocycles. The van der Waals surface area contributed by atoms with E-state index >= 15 is 0 Å². The topological polar surface area (TPSA) is 68.5 Å². The lowest BCUT2D eigenvalue weighted by molar-refractivity contribution is 0.0920. The Labute approximate surface area is 214 Å². The van der Waals surface area contributed by atoms with Gasteiger partial charge in [0.1, 0.15) is 5.75 Å². The van der Waals surface area contributed by atoms with Crippen molar-refractivity contribution >= 4 is 11.7 Å². The molecule has 0 bridgehead atoms. The Bertz CT molecular complexity index is 1280. The number of hydrogen-bond acceptors (Lipinski definition) is 4. The standard InChI is InChI=1S/C31H37NO4/c1-7-35-25-11-9-8-10-21(25)14-17-32-29(34)27-13-12-26(36-27)28(33)22-19-24-23(18-20(22)2)30(3,4)15-16-31(24,5)6/h8-13,18-19H,7,14-17H2,1-6H3,(H,32,34). The minimum absolute atomic E-state index is 0.00256. The van der Waals surface area contributed by atoms with Gasteiger partial charge in [-0.1, -0.05) is 52.0 Å². The number of benzene rings is 2. The fraction of sp³-hybridized carbons (Fsp3) is 0.419. The van der Waals surface area contributed by atoms with Gasteiger partial charge in [0.05, 0.1) is 6.61 Å². The SMILES string of the molecule is CCOc1ccccc1CCNC(=O)c1ccc(C(=O)c2cc3c(cc2C)C(C)(C)CCC3(C)C)o1. The van der Waals surface area contributed by atoms with Crippen molar-refractivity contribution in [3.8, 4) is 5.75 Å². The number of para-hydroxylation sites is 1. The fourth-order valence-electron chi connectivity index (χ4n) is 5.09. The van der Waals surface area contributed by atoms with Gasteiger partial charge < -0.3 is 14.5 Å². The molecule has 0 aliphatic heterocycles. The van der Waals surface area contributed by atoms with Gasteiger partial charge >= 0.3 is 0 Å². The van der Waals surface area contributed by atoms with Crippen LogP contribution in [-0.2, 0) is 17.3 Å². The third-order valence-corrected chi connectivity index (χ3v) is 7.45. The maximum atomic E-state index is 13.4. The molecular weight excluding hydrogens is 450 g/mol. The van der Waals surface area contributed by atoms with Gasteiger partial charge in [0, 0.05) is 12.1 Å². The van der Waals surface area contributed by atoms with Crippen LogP contribution in [0.1, 0.15) is 96.4 Å². The molecule has 1 aliphatic rings. The predicted molar refractivity (Wildman–Crippen MR) is 142 cm³/mol. The van der Waals surface area contributed by atoms with E-state index < -0.39 is 0 Å². The van der Waals surface area contributed by atoms with Gasteiger partial charge in [-0.3, -0.25) is 9.59 Å². The molecule has 0 atom stereocenters. The Hall–Kier alpha value is -3.34. The highest BCUT2D eigenvalue weighted by Crippen LogP contribution is 2.46.